The molecule has 2 N–H and O–H groups in total. The fourth-order valence-corrected chi connectivity index (χ4v) is 3.90. The number of aliphatic carboxylic acids is 1. The molecule has 176 valence electrons. The zero-order valence-electron chi connectivity index (χ0n) is 18.3. The first-order valence-corrected chi connectivity index (χ1v) is 12.9. The Hall–Kier alpha value is 0.890. The van der Waals surface area contributed by atoms with Crippen LogP contribution in [0.25, 0.3) is 0 Å². The van der Waals surface area contributed by atoms with Crippen LogP contribution < -0.4 is 5.32 Å². The van der Waals surface area contributed by atoms with Crippen molar-refractivity contribution in [3.8, 4) is 0 Å². The summed E-state index contributed by atoms with van der Waals surface area (Å²) in [5.74, 6) is -1.99. The Morgan fingerprint density at radius 3 is 1.39 bits per heavy atom. The van der Waals surface area contributed by atoms with Gasteiger partial charge in [-0.2, -0.15) is 0 Å². The Morgan fingerprint density at radius 1 is 0.710 bits per heavy atom. The quantitative estimate of drug-likeness (QED) is 0.132. The first kappa shape index (κ1) is 36.5. The normalized spacial score (nSPS) is 11.4. The zero-order chi connectivity index (χ0) is 21.7. The topological polar surface area (TPSA) is 101 Å². The van der Waals surface area contributed by atoms with Crippen molar-refractivity contribution < 1.29 is 23.1 Å². The van der Waals surface area contributed by atoms with Crippen LogP contribution in [-0.2, 0) is 20.3 Å². The van der Waals surface area contributed by atoms with E-state index in [2.05, 4.69) is 12.2 Å². The van der Waals surface area contributed by atoms with Crippen LogP contribution >= 0.6 is 0 Å². The summed E-state index contributed by atoms with van der Waals surface area (Å²) in [5.41, 5.74) is 0. The van der Waals surface area contributed by atoms with E-state index in [9.17, 15) is 18.0 Å². The Morgan fingerprint density at radius 2 is 1.06 bits per heavy atom. The van der Waals surface area contributed by atoms with Gasteiger partial charge >= 0.3 is 65.1 Å². The van der Waals surface area contributed by atoms with E-state index < -0.39 is 34.3 Å². The molecule has 31 heavy (non-hydrogen) atoms. The average molecular weight is 482 g/mol. The van der Waals surface area contributed by atoms with Crippen LogP contribution in [0.1, 0.15) is 116 Å². The van der Waals surface area contributed by atoms with Gasteiger partial charge in [-0.1, -0.05) is 103 Å². The summed E-state index contributed by atoms with van der Waals surface area (Å²) in [6.07, 6.45) is 20.0. The number of rotatable bonds is 21. The van der Waals surface area contributed by atoms with Gasteiger partial charge in [0.2, 0.25) is 5.91 Å². The zero-order valence-corrected chi connectivity index (χ0v) is 19.2. The van der Waals surface area contributed by atoms with E-state index in [0.717, 1.165) is 19.3 Å². The molecule has 0 aromatic heterocycles. The molecule has 6 nitrogen and oxygen atoms in total. The average Bonchev–Trinajstić information content (AvgIpc) is 2.68. The molecule has 1 atom stereocenters. The fraction of sp³-hybridized carbons (Fsp3) is 0.909. The molecule has 0 aliphatic carbocycles. The SMILES string of the molecule is CCCCCCCCCCCCCCCCCCNC(=O)CC(C(=O)O)[SH](=O)=O.[NaH].[NaH]. The molecule has 0 aliphatic heterocycles. The molecule has 0 fully saturated rings. The number of amides is 1. The van der Waals surface area contributed by atoms with Gasteiger partial charge < -0.3 is 10.4 Å². The van der Waals surface area contributed by atoms with E-state index in [1.54, 1.807) is 0 Å². The molecular formula is C22H45NNa2O5S. The van der Waals surface area contributed by atoms with Crippen LogP contribution in [0, 0.1) is 0 Å². The Labute approximate surface area is 236 Å². The number of unbranched alkanes of at least 4 members (excludes halogenated alkanes) is 15. The van der Waals surface area contributed by atoms with Crippen molar-refractivity contribution in [3.63, 3.8) is 0 Å². The van der Waals surface area contributed by atoms with Crippen molar-refractivity contribution in [2.24, 2.45) is 0 Å². The van der Waals surface area contributed by atoms with Gasteiger partial charge in [-0.3, -0.25) is 9.59 Å². The van der Waals surface area contributed by atoms with Crippen molar-refractivity contribution in [3.05, 3.63) is 0 Å². The molecule has 0 rings (SSSR count). The predicted molar refractivity (Wildman–Crippen MR) is 133 cm³/mol. The van der Waals surface area contributed by atoms with Gasteiger partial charge in [-0.15, -0.1) is 0 Å². The van der Waals surface area contributed by atoms with E-state index in [4.69, 9.17) is 5.11 Å². The van der Waals surface area contributed by atoms with Crippen LogP contribution in [-0.4, -0.2) is 96.3 Å². The minimum absolute atomic E-state index is 0. The number of hydrogen-bond donors (Lipinski definition) is 3. The molecule has 0 spiro atoms. The molecule has 0 aromatic carbocycles. The van der Waals surface area contributed by atoms with Crippen molar-refractivity contribution in [1.82, 2.24) is 5.32 Å². The second-order valence-electron chi connectivity index (χ2n) is 8.00. The Kier molecular flexibility index (Phi) is 31.9. The second-order valence-corrected chi connectivity index (χ2v) is 9.19. The summed E-state index contributed by atoms with van der Waals surface area (Å²) in [6, 6.07) is 0. The maximum absolute atomic E-state index is 11.6. The molecule has 1 unspecified atom stereocenters. The van der Waals surface area contributed by atoms with E-state index in [0.29, 0.717) is 6.54 Å². The molecule has 0 radical (unpaired) electrons. The summed E-state index contributed by atoms with van der Waals surface area (Å²) in [4.78, 5) is 22.3. The van der Waals surface area contributed by atoms with Crippen LogP contribution in [0.4, 0.5) is 0 Å². The van der Waals surface area contributed by atoms with Crippen molar-refractivity contribution in [1.29, 1.82) is 0 Å². The molecular weight excluding hydrogens is 436 g/mol. The summed E-state index contributed by atoms with van der Waals surface area (Å²) in [5, 5.41) is 9.72. The maximum atomic E-state index is 11.6. The van der Waals surface area contributed by atoms with Gasteiger partial charge in [-0.25, -0.2) is 8.42 Å². The van der Waals surface area contributed by atoms with E-state index in [1.807, 2.05) is 0 Å². The molecule has 1 amide bonds. The van der Waals surface area contributed by atoms with Crippen molar-refractivity contribution >= 4 is 81.7 Å². The first-order valence-electron chi connectivity index (χ1n) is 11.6. The summed E-state index contributed by atoms with van der Waals surface area (Å²) < 4.78 is 21.6. The van der Waals surface area contributed by atoms with E-state index in [1.165, 1.54) is 83.5 Å². The molecule has 0 aliphatic rings. The van der Waals surface area contributed by atoms with Crippen LogP contribution in [0.2, 0.25) is 0 Å². The number of carbonyl (C=O) groups is 2. The number of thiol groups is 1. The van der Waals surface area contributed by atoms with Gasteiger partial charge in [-0.05, 0) is 6.42 Å². The Bertz CT molecular complexity index is 496. The molecule has 0 saturated carbocycles. The molecule has 9 heteroatoms. The summed E-state index contributed by atoms with van der Waals surface area (Å²) in [6.45, 7) is 2.73. The number of carboxylic acid groups (broad SMARTS) is 1. The standard InChI is InChI=1S/C22H43NO5S.2Na.2H/c1-2-3-4-5-6-7-8-9-10-11-12-13-14-15-16-17-18-23-21(24)19-20(22(25)26)29(27)28;;;;/h20,29H,2-19H2,1H3,(H,23,24)(H,25,26);;;;. The second kappa shape index (κ2) is 27.1. The monoisotopic (exact) mass is 481 g/mol. The van der Waals surface area contributed by atoms with Crippen molar-refractivity contribution in [2.45, 2.75) is 121 Å². The van der Waals surface area contributed by atoms with Crippen LogP contribution in [0.3, 0.4) is 0 Å². The van der Waals surface area contributed by atoms with E-state index in [-0.39, 0.29) is 59.1 Å². The summed E-state index contributed by atoms with van der Waals surface area (Å²) in [7, 11) is -3.14. The predicted octanol–water partition coefficient (Wildman–Crippen LogP) is 3.52. The Balaban J connectivity index is -0.00000392. The third-order valence-corrected chi connectivity index (χ3v) is 6.18. The molecule has 0 saturated heterocycles. The first-order chi connectivity index (χ1) is 14.0. The van der Waals surface area contributed by atoms with Gasteiger partial charge in [0.1, 0.15) is 0 Å². The van der Waals surface area contributed by atoms with Crippen molar-refractivity contribution in [2.75, 3.05) is 6.54 Å². The minimum atomic E-state index is -3.14. The van der Waals surface area contributed by atoms with E-state index >= 15 is 0 Å². The van der Waals surface area contributed by atoms with Gasteiger partial charge in [0, 0.05) is 6.54 Å². The molecule has 0 heterocycles. The third-order valence-electron chi connectivity index (χ3n) is 5.27. The molecule has 0 bridgehead atoms. The third kappa shape index (κ3) is 25.4. The number of carbonyl (C=O) groups excluding carboxylic acids is 1. The summed E-state index contributed by atoms with van der Waals surface area (Å²) >= 11 is 0. The van der Waals surface area contributed by atoms with Gasteiger partial charge in [0.15, 0.2) is 16.0 Å². The van der Waals surface area contributed by atoms with Crippen LogP contribution in [0.15, 0.2) is 0 Å². The van der Waals surface area contributed by atoms with Crippen LogP contribution in [0.5, 0.6) is 0 Å². The fourth-order valence-electron chi connectivity index (χ4n) is 3.40. The number of nitrogens with one attached hydrogen (secondary N) is 1. The number of carboxylic acids is 1. The van der Waals surface area contributed by atoms with Gasteiger partial charge in [0.25, 0.3) is 0 Å². The molecule has 0 aromatic rings. The van der Waals surface area contributed by atoms with Gasteiger partial charge in [0.05, 0.1) is 6.42 Å². The number of hydrogen-bond acceptors (Lipinski definition) is 4.